The molecule has 2 rings (SSSR count). The molecule has 0 amide bonds. The van der Waals surface area contributed by atoms with Crippen LogP contribution >= 0.6 is 0 Å². The molecular weight excluding hydrogens is 276 g/mol. The second-order valence-corrected chi connectivity index (χ2v) is 3.90. The third-order valence-corrected chi connectivity index (χ3v) is 2.43. The molecule has 0 unspecified atom stereocenters. The fourth-order valence-electron chi connectivity index (χ4n) is 1.45. The Balaban J connectivity index is 1.94. The minimum atomic E-state index is 0.384. The van der Waals surface area contributed by atoms with Crippen LogP contribution in [0.15, 0.2) is 12.7 Å². The predicted octanol–water partition coefficient (Wildman–Crippen LogP) is -0.431. The van der Waals surface area contributed by atoms with Crippen molar-refractivity contribution in [2.24, 2.45) is 0 Å². The van der Waals surface area contributed by atoms with Crippen LogP contribution in [-0.2, 0) is 9.47 Å². The zero-order valence-electron chi connectivity index (χ0n) is 12.0. The molecular formula is C11H18N8O2. The smallest absolute Gasteiger partial charge is 0.258 e. The van der Waals surface area contributed by atoms with E-state index in [0.29, 0.717) is 44.2 Å². The second-order valence-electron chi connectivity index (χ2n) is 3.90. The first-order valence-electron chi connectivity index (χ1n) is 6.43. The maximum absolute atomic E-state index is 5.35. The van der Waals surface area contributed by atoms with Gasteiger partial charge < -0.3 is 20.1 Å². The van der Waals surface area contributed by atoms with Gasteiger partial charge in [0.25, 0.3) is 5.95 Å². The van der Waals surface area contributed by atoms with Crippen LogP contribution in [0.2, 0.25) is 0 Å². The first-order valence-corrected chi connectivity index (χ1v) is 6.43. The Hall–Kier alpha value is -2.33. The lowest BCUT2D eigenvalue weighted by molar-refractivity contribution is 0.0759. The summed E-state index contributed by atoms with van der Waals surface area (Å²) in [4.78, 5) is 16.5. The van der Waals surface area contributed by atoms with E-state index in [9.17, 15) is 0 Å². The number of nitrogens with one attached hydrogen (secondary N) is 2. The van der Waals surface area contributed by atoms with Gasteiger partial charge in [0.15, 0.2) is 0 Å². The van der Waals surface area contributed by atoms with E-state index < -0.39 is 0 Å². The van der Waals surface area contributed by atoms with E-state index in [2.05, 4.69) is 35.7 Å². The van der Waals surface area contributed by atoms with E-state index in [-0.39, 0.29) is 0 Å². The number of nitrogens with zero attached hydrogens (tertiary/aromatic N) is 6. The lowest BCUT2D eigenvalue weighted by atomic mass is 10.6. The number of aromatic nitrogens is 6. The highest BCUT2D eigenvalue weighted by Crippen LogP contribution is 2.07. The molecule has 0 atom stereocenters. The van der Waals surface area contributed by atoms with Gasteiger partial charge in [-0.25, -0.2) is 4.98 Å². The third kappa shape index (κ3) is 4.61. The number of ether oxygens (including phenoxy) is 2. The van der Waals surface area contributed by atoms with Crippen molar-refractivity contribution in [3.8, 4) is 5.95 Å². The Kier molecular flexibility index (Phi) is 5.79. The molecule has 0 fully saturated rings. The highest BCUT2D eigenvalue weighted by Gasteiger charge is 2.07. The van der Waals surface area contributed by atoms with E-state index in [4.69, 9.17) is 9.47 Å². The molecule has 21 heavy (non-hydrogen) atoms. The van der Waals surface area contributed by atoms with Crippen molar-refractivity contribution in [1.82, 2.24) is 29.7 Å². The molecule has 2 N–H and O–H groups in total. The Bertz CT molecular complexity index is 533. The molecule has 0 bridgehead atoms. The van der Waals surface area contributed by atoms with Crippen LogP contribution in [0.3, 0.4) is 0 Å². The lowest BCUT2D eigenvalue weighted by Gasteiger charge is -2.08. The van der Waals surface area contributed by atoms with Crippen LogP contribution in [0.1, 0.15) is 0 Å². The fraction of sp³-hybridized carbons (Fsp3) is 0.545. The van der Waals surface area contributed by atoms with Crippen molar-refractivity contribution in [2.75, 3.05) is 51.2 Å². The van der Waals surface area contributed by atoms with Crippen molar-refractivity contribution >= 4 is 11.9 Å². The van der Waals surface area contributed by atoms with E-state index in [1.807, 2.05) is 0 Å². The quantitative estimate of drug-likeness (QED) is 0.595. The normalized spacial score (nSPS) is 10.6. The maximum atomic E-state index is 5.35. The van der Waals surface area contributed by atoms with E-state index in [1.165, 1.54) is 17.3 Å². The van der Waals surface area contributed by atoms with E-state index in [0.717, 1.165) is 0 Å². The minimum Gasteiger partial charge on any atom is -0.382 e. The molecule has 2 aromatic heterocycles. The summed E-state index contributed by atoms with van der Waals surface area (Å²) in [6.45, 7) is 2.24. The molecule has 2 aromatic rings. The molecule has 114 valence electrons. The Morgan fingerprint density at radius 1 is 1.14 bits per heavy atom. The Morgan fingerprint density at radius 2 is 2.00 bits per heavy atom. The molecule has 0 aliphatic carbocycles. The average Bonchev–Trinajstić information content (AvgIpc) is 3.05. The van der Waals surface area contributed by atoms with Gasteiger partial charge in [-0.05, 0) is 0 Å². The molecule has 2 heterocycles. The summed E-state index contributed by atoms with van der Waals surface area (Å²) in [5.41, 5.74) is 0. The van der Waals surface area contributed by atoms with Crippen molar-refractivity contribution < 1.29 is 9.47 Å². The SMILES string of the molecule is CNc1nc(NCCOCCOC)nc(-n2cncn2)n1. The van der Waals surface area contributed by atoms with Gasteiger partial charge in [-0.3, -0.25) is 0 Å². The zero-order chi connectivity index (χ0) is 14.9. The molecule has 0 aromatic carbocycles. The minimum absolute atomic E-state index is 0.384. The summed E-state index contributed by atoms with van der Waals surface area (Å²) in [6.07, 6.45) is 2.94. The van der Waals surface area contributed by atoms with Gasteiger partial charge in [-0.15, -0.1) is 0 Å². The summed E-state index contributed by atoms with van der Waals surface area (Å²) >= 11 is 0. The van der Waals surface area contributed by atoms with Crippen molar-refractivity contribution in [2.45, 2.75) is 0 Å². The molecule has 0 spiro atoms. The molecule has 10 heteroatoms. The van der Waals surface area contributed by atoms with Crippen molar-refractivity contribution in [1.29, 1.82) is 0 Å². The predicted molar refractivity (Wildman–Crippen MR) is 75.5 cm³/mol. The van der Waals surface area contributed by atoms with E-state index in [1.54, 1.807) is 14.2 Å². The number of hydrogen-bond acceptors (Lipinski definition) is 9. The first kappa shape index (κ1) is 15.1. The van der Waals surface area contributed by atoms with Crippen molar-refractivity contribution in [3.05, 3.63) is 12.7 Å². The summed E-state index contributed by atoms with van der Waals surface area (Å²) in [5.74, 6) is 1.27. The first-order chi connectivity index (χ1) is 10.3. The summed E-state index contributed by atoms with van der Waals surface area (Å²) in [7, 11) is 3.37. The molecule has 0 aliphatic heterocycles. The van der Waals surface area contributed by atoms with Crippen LogP contribution in [0.5, 0.6) is 0 Å². The van der Waals surface area contributed by atoms with Crippen molar-refractivity contribution in [3.63, 3.8) is 0 Å². The van der Waals surface area contributed by atoms with Gasteiger partial charge in [0.2, 0.25) is 11.9 Å². The van der Waals surface area contributed by atoms with Gasteiger partial charge >= 0.3 is 0 Å². The zero-order valence-corrected chi connectivity index (χ0v) is 12.0. The standard InChI is InChI=1S/C11H18N8O2/c1-12-9-16-10(14-3-4-21-6-5-20-2)18-11(17-9)19-8-13-7-15-19/h7-8H,3-6H2,1-2H3,(H2,12,14,16,17,18). The average molecular weight is 294 g/mol. The summed E-state index contributed by atoms with van der Waals surface area (Å²) in [5, 5.41) is 9.94. The summed E-state index contributed by atoms with van der Waals surface area (Å²) in [6, 6.07) is 0. The Labute approximate surface area is 121 Å². The monoisotopic (exact) mass is 294 g/mol. The highest BCUT2D eigenvalue weighted by molar-refractivity contribution is 5.37. The number of anilines is 2. The number of methoxy groups -OCH3 is 1. The van der Waals surface area contributed by atoms with Crippen LogP contribution < -0.4 is 10.6 Å². The lowest BCUT2D eigenvalue weighted by Crippen LogP contribution is -2.16. The van der Waals surface area contributed by atoms with E-state index >= 15 is 0 Å². The molecule has 0 radical (unpaired) electrons. The molecule has 0 aliphatic rings. The van der Waals surface area contributed by atoms with Crippen LogP contribution in [-0.4, -0.2) is 70.2 Å². The maximum Gasteiger partial charge on any atom is 0.258 e. The second kappa shape index (κ2) is 8.07. The van der Waals surface area contributed by atoms with Gasteiger partial charge in [0, 0.05) is 20.7 Å². The topological polar surface area (TPSA) is 112 Å². The van der Waals surface area contributed by atoms with Gasteiger partial charge in [-0.1, -0.05) is 0 Å². The molecule has 10 nitrogen and oxygen atoms in total. The number of hydrogen-bond donors (Lipinski definition) is 2. The fourth-order valence-corrected chi connectivity index (χ4v) is 1.45. The largest absolute Gasteiger partial charge is 0.382 e. The molecule has 0 saturated heterocycles. The third-order valence-electron chi connectivity index (χ3n) is 2.43. The van der Waals surface area contributed by atoms with Crippen LogP contribution in [0.25, 0.3) is 5.95 Å². The van der Waals surface area contributed by atoms with Gasteiger partial charge in [0.05, 0.1) is 19.8 Å². The van der Waals surface area contributed by atoms with Gasteiger partial charge in [0.1, 0.15) is 12.7 Å². The van der Waals surface area contributed by atoms with Crippen LogP contribution in [0, 0.1) is 0 Å². The summed E-state index contributed by atoms with van der Waals surface area (Å²) < 4.78 is 11.7. The number of rotatable bonds is 9. The highest BCUT2D eigenvalue weighted by atomic mass is 16.5. The molecule has 0 saturated carbocycles. The van der Waals surface area contributed by atoms with Gasteiger partial charge in [-0.2, -0.15) is 24.7 Å². The van der Waals surface area contributed by atoms with Crippen LogP contribution in [0.4, 0.5) is 11.9 Å². The Morgan fingerprint density at radius 3 is 2.71 bits per heavy atom.